The first-order chi connectivity index (χ1) is 13.8. The molecule has 7 nitrogen and oxygen atoms in total. The van der Waals surface area contributed by atoms with Crippen LogP contribution in [0.25, 0.3) is 11.3 Å². The van der Waals surface area contributed by atoms with E-state index in [1.807, 2.05) is 65.3 Å². The van der Waals surface area contributed by atoms with Gasteiger partial charge in [-0.2, -0.15) is 0 Å². The van der Waals surface area contributed by atoms with E-state index in [4.69, 9.17) is 9.47 Å². The third-order valence-electron chi connectivity index (χ3n) is 5.29. The number of likely N-dealkylation sites (tertiary alicyclic amines) is 1. The van der Waals surface area contributed by atoms with Crippen molar-refractivity contribution in [3.8, 4) is 11.3 Å². The summed E-state index contributed by atoms with van der Waals surface area (Å²) in [6.45, 7) is 1.70. The average Bonchev–Trinajstić information content (AvgIpc) is 3.37. The minimum atomic E-state index is -0.327. The van der Waals surface area contributed by atoms with E-state index in [-0.39, 0.29) is 24.8 Å². The minimum Gasteiger partial charge on any atom is -0.445 e. The zero-order chi connectivity index (χ0) is 18.9. The first-order valence-electron chi connectivity index (χ1n) is 9.36. The van der Waals surface area contributed by atoms with E-state index in [9.17, 15) is 4.79 Å². The summed E-state index contributed by atoms with van der Waals surface area (Å²) in [5.74, 6) is 0. The van der Waals surface area contributed by atoms with E-state index < -0.39 is 0 Å². The summed E-state index contributed by atoms with van der Waals surface area (Å²) in [6, 6.07) is 19.6. The molecule has 0 aliphatic carbocycles. The Bertz CT molecular complexity index is 974. The number of carbonyl (C=O) groups is 1. The average molecular weight is 376 g/mol. The molecular weight excluding hydrogens is 356 g/mol. The second-order valence-electron chi connectivity index (χ2n) is 7.06. The van der Waals surface area contributed by atoms with Gasteiger partial charge in [-0.1, -0.05) is 65.9 Å². The van der Waals surface area contributed by atoms with Crippen molar-refractivity contribution in [1.82, 2.24) is 19.9 Å². The third-order valence-corrected chi connectivity index (χ3v) is 5.29. The lowest BCUT2D eigenvalue weighted by Crippen LogP contribution is -2.32. The lowest BCUT2D eigenvalue weighted by atomic mass is 10.1. The number of ether oxygens (including phenoxy) is 2. The molecule has 1 amide bonds. The van der Waals surface area contributed by atoms with Gasteiger partial charge >= 0.3 is 6.09 Å². The molecule has 0 N–H and O–H groups in total. The van der Waals surface area contributed by atoms with Gasteiger partial charge in [0, 0.05) is 12.1 Å². The van der Waals surface area contributed by atoms with Crippen LogP contribution in [0.3, 0.4) is 0 Å². The van der Waals surface area contributed by atoms with Gasteiger partial charge in [0.1, 0.15) is 12.3 Å². The summed E-state index contributed by atoms with van der Waals surface area (Å²) in [4.78, 5) is 14.2. The van der Waals surface area contributed by atoms with Crippen molar-refractivity contribution in [3.05, 3.63) is 71.9 Å². The van der Waals surface area contributed by atoms with Gasteiger partial charge in [-0.3, -0.25) is 0 Å². The topological polar surface area (TPSA) is 69.5 Å². The Balaban J connectivity index is 1.30. The SMILES string of the molecule is O=C(OCc1ccccc1)N1C[C@@H]2[C@@H](C1)OCc1c(-c3ccccc3)nnn12. The predicted octanol–water partition coefficient (Wildman–Crippen LogP) is 3.04. The molecule has 0 radical (unpaired) electrons. The molecule has 2 atom stereocenters. The van der Waals surface area contributed by atoms with Crippen LogP contribution in [-0.4, -0.2) is 45.2 Å². The first kappa shape index (κ1) is 16.9. The van der Waals surface area contributed by atoms with Crippen molar-refractivity contribution in [3.63, 3.8) is 0 Å². The largest absolute Gasteiger partial charge is 0.445 e. The molecular formula is C21H20N4O3. The number of nitrogens with zero attached hydrogens (tertiary/aromatic N) is 4. The Labute approximate surface area is 162 Å². The van der Waals surface area contributed by atoms with Gasteiger partial charge in [0.25, 0.3) is 0 Å². The maximum absolute atomic E-state index is 12.5. The third kappa shape index (κ3) is 3.03. The second-order valence-corrected chi connectivity index (χ2v) is 7.06. The number of hydrogen-bond acceptors (Lipinski definition) is 5. The van der Waals surface area contributed by atoms with Crippen LogP contribution in [0.2, 0.25) is 0 Å². The summed E-state index contributed by atoms with van der Waals surface area (Å²) in [5, 5.41) is 8.74. The van der Waals surface area contributed by atoms with E-state index >= 15 is 0 Å². The number of aromatic nitrogens is 3. The number of benzene rings is 2. The molecule has 0 bridgehead atoms. The molecule has 7 heteroatoms. The normalized spacial score (nSPS) is 20.5. The van der Waals surface area contributed by atoms with Crippen LogP contribution in [-0.2, 0) is 22.7 Å². The first-order valence-corrected chi connectivity index (χ1v) is 9.36. The summed E-state index contributed by atoms with van der Waals surface area (Å²) in [7, 11) is 0. The van der Waals surface area contributed by atoms with E-state index in [0.29, 0.717) is 19.7 Å². The highest BCUT2D eigenvalue weighted by Gasteiger charge is 2.42. The minimum absolute atomic E-state index is 0.0435. The molecule has 2 aliphatic rings. The fraction of sp³-hybridized carbons (Fsp3) is 0.286. The fourth-order valence-electron chi connectivity index (χ4n) is 3.84. The Hall–Kier alpha value is -3.19. The Morgan fingerprint density at radius 1 is 1.07 bits per heavy atom. The molecule has 1 saturated heterocycles. The van der Waals surface area contributed by atoms with Crippen molar-refractivity contribution in [2.24, 2.45) is 0 Å². The molecule has 1 fully saturated rings. The molecule has 0 spiro atoms. The van der Waals surface area contributed by atoms with Crippen LogP contribution in [0, 0.1) is 0 Å². The quantitative estimate of drug-likeness (QED) is 0.703. The number of fused-ring (bicyclic) bond motifs is 3. The van der Waals surface area contributed by atoms with Crippen LogP contribution in [0.4, 0.5) is 4.79 Å². The van der Waals surface area contributed by atoms with Crippen molar-refractivity contribution in [2.75, 3.05) is 13.1 Å². The molecule has 142 valence electrons. The number of rotatable bonds is 3. The lowest BCUT2D eigenvalue weighted by molar-refractivity contribution is -0.00500. The van der Waals surface area contributed by atoms with Gasteiger partial charge in [-0.25, -0.2) is 9.48 Å². The number of carbonyl (C=O) groups excluding carboxylic acids is 1. The summed E-state index contributed by atoms with van der Waals surface area (Å²) in [5.41, 5.74) is 3.77. The van der Waals surface area contributed by atoms with Gasteiger partial charge in [-0.15, -0.1) is 5.10 Å². The van der Waals surface area contributed by atoms with Crippen LogP contribution in [0.1, 0.15) is 17.3 Å². The van der Waals surface area contributed by atoms with Gasteiger partial charge in [-0.05, 0) is 5.56 Å². The molecule has 0 unspecified atom stereocenters. The van der Waals surface area contributed by atoms with Crippen LogP contribution in [0.5, 0.6) is 0 Å². The molecule has 3 heterocycles. The van der Waals surface area contributed by atoms with Gasteiger partial charge in [0.15, 0.2) is 0 Å². The van der Waals surface area contributed by atoms with E-state index in [1.165, 1.54) is 0 Å². The summed E-state index contributed by atoms with van der Waals surface area (Å²) < 4.78 is 13.4. The van der Waals surface area contributed by atoms with E-state index in [0.717, 1.165) is 22.5 Å². The molecule has 28 heavy (non-hydrogen) atoms. The van der Waals surface area contributed by atoms with E-state index in [1.54, 1.807) is 4.90 Å². The van der Waals surface area contributed by atoms with Crippen molar-refractivity contribution < 1.29 is 14.3 Å². The predicted molar refractivity (Wildman–Crippen MR) is 101 cm³/mol. The summed E-state index contributed by atoms with van der Waals surface area (Å²) >= 11 is 0. The van der Waals surface area contributed by atoms with Crippen LogP contribution < -0.4 is 0 Å². The Morgan fingerprint density at radius 2 is 1.82 bits per heavy atom. The highest BCUT2D eigenvalue weighted by molar-refractivity contribution is 5.68. The number of hydrogen-bond donors (Lipinski definition) is 0. The molecule has 0 saturated carbocycles. The maximum atomic E-state index is 12.5. The van der Waals surface area contributed by atoms with E-state index in [2.05, 4.69) is 10.3 Å². The maximum Gasteiger partial charge on any atom is 0.410 e. The van der Waals surface area contributed by atoms with Crippen molar-refractivity contribution >= 4 is 6.09 Å². The highest BCUT2D eigenvalue weighted by atomic mass is 16.6. The second kappa shape index (κ2) is 7.09. The van der Waals surface area contributed by atoms with Crippen LogP contribution >= 0.6 is 0 Å². The summed E-state index contributed by atoms with van der Waals surface area (Å²) in [6.07, 6.45) is -0.422. The lowest BCUT2D eigenvalue weighted by Gasteiger charge is -2.26. The fourth-order valence-corrected chi connectivity index (χ4v) is 3.84. The van der Waals surface area contributed by atoms with Gasteiger partial charge < -0.3 is 14.4 Å². The van der Waals surface area contributed by atoms with Crippen molar-refractivity contribution in [2.45, 2.75) is 25.4 Å². The highest BCUT2D eigenvalue weighted by Crippen LogP contribution is 2.34. The Morgan fingerprint density at radius 3 is 2.61 bits per heavy atom. The molecule has 3 aromatic rings. The molecule has 1 aromatic heterocycles. The molecule has 5 rings (SSSR count). The zero-order valence-corrected chi connectivity index (χ0v) is 15.3. The monoisotopic (exact) mass is 376 g/mol. The van der Waals surface area contributed by atoms with Crippen LogP contribution in [0.15, 0.2) is 60.7 Å². The number of amides is 1. The standard InChI is InChI=1S/C21H20N4O3/c26-21(28-13-15-7-3-1-4-8-15)24-11-17-19(12-24)27-14-18-20(22-23-25(17)18)16-9-5-2-6-10-16/h1-10,17,19H,11-14H2/t17-,19-/m1/s1. The van der Waals surface area contributed by atoms with Crippen molar-refractivity contribution in [1.29, 1.82) is 0 Å². The van der Waals surface area contributed by atoms with Gasteiger partial charge in [0.2, 0.25) is 0 Å². The Kier molecular flexibility index (Phi) is 4.29. The molecule has 2 aliphatic heterocycles. The molecule has 2 aromatic carbocycles. The van der Waals surface area contributed by atoms with Gasteiger partial charge in [0.05, 0.1) is 31.0 Å². The smallest absolute Gasteiger partial charge is 0.410 e. The zero-order valence-electron chi connectivity index (χ0n) is 15.3.